The smallest absolute Gasteiger partial charge is 0.246 e. The fourth-order valence-corrected chi connectivity index (χ4v) is 5.86. The lowest BCUT2D eigenvalue weighted by Gasteiger charge is -2.36. The van der Waals surface area contributed by atoms with Crippen molar-refractivity contribution in [1.29, 1.82) is 0 Å². The molecule has 0 radical (unpaired) electrons. The Kier molecular flexibility index (Phi) is 6.54. The number of piperazine rings is 1. The van der Waals surface area contributed by atoms with E-state index in [2.05, 4.69) is 0 Å². The quantitative estimate of drug-likeness (QED) is 0.679. The highest BCUT2D eigenvalue weighted by Crippen LogP contribution is 2.32. The fourth-order valence-electron chi connectivity index (χ4n) is 4.70. The highest BCUT2D eigenvalue weighted by Gasteiger charge is 2.34. The van der Waals surface area contributed by atoms with Gasteiger partial charge in [0.05, 0.1) is 38.1 Å². The van der Waals surface area contributed by atoms with Crippen molar-refractivity contribution in [3.63, 3.8) is 0 Å². The second-order valence-corrected chi connectivity index (χ2v) is 10.9. The Hall–Kier alpha value is -2.78. The molecule has 0 bridgehead atoms. The largest absolute Gasteiger partial charge is 0.454 e. The minimum atomic E-state index is -3.63. The Labute approximate surface area is 195 Å². The topological polar surface area (TPSA) is 80.6 Å². The molecule has 0 aliphatic carbocycles. The van der Waals surface area contributed by atoms with E-state index >= 15 is 0 Å². The van der Waals surface area contributed by atoms with Crippen LogP contribution in [0.2, 0.25) is 0 Å². The molecule has 0 spiro atoms. The van der Waals surface area contributed by atoms with Crippen LogP contribution in [0.15, 0.2) is 36.4 Å². The Morgan fingerprint density at radius 3 is 2.33 bits per heavy atom. The molecule has 0 aromatic heterocycles. The van der Waals surface area contributed by atoms with Crippen molar-refractivity contribution >= 4 is 21.6 Å². The molecule has 33 heavy (non-hydrogen) atoms. The second-order valence-electron chi connectivity index (χ2n) is 9.02. The van der Waals surface area contributed by atoms with E-state index in [1.165, 1.54) is 14.8 Å². The van der Waals surface area contributed by atoms with Crippen LogP contribution in [0.1, 0.15) is 23.6 Å². The van der Waals surface area contributed by atoms with Crippen LogP contribution in [0.25, 0.3) is 0 Å². The summed E-state index contributed by atoms with van der Waals surface area (Å²) < 4.78 is 37.4. The molecule has 1 amide bonds. The predicted molar refractivity (Wildman–Crippen MR) is 126 cm³/mol. The van der Waals surface area contributed by atoms with Gasteiger partial charge in [-0.25, -0.2) is 8.42 Å². The summed E-state index contributed by atoms with van der Waals surface area (Å²) in [7, 11) is -3.63. The molecule has 2 heterocycles. The molecule has 1 fully saturated rings. The van der Waals surface area contributed by atoms with Crippen LogP contribution in [0, 0.1) is 13.8 Å². The fraction of sp³-hybridized carbons (Fsp3) is 0.458. The molecule has 2 aliphatic heterocycles. The average molecular weight is 475 g/mol. The zero-order valence-electron chi connectivity index (χ0n) is 19.6. The first-order chi connectivity index (χ1) is 15.6. The lowest BCUT2D eigenvalue weighted by Crippen LogP contribution is -3.13. The molecule has 1 atom stereocenters. The minimum absolute atomic E-state index is 0.165. The van der Waals surface area contributed by atoms with E-state index in [0.29, 0.717) is 18.8 Å². The number of carbonyl (C=O) groups is 1. The molecule has 1 N–H and O–H groups in total. The van der Waals surface area contributed by atoms with Crippen LogP contribution in [-0.2, 0) is 21.4 Å². The van der Waals surface area contributed by atoms with Gasteiger partial charge >= 0.3 is 0 Å². The van der Waals surface area contributed by atoms with Crippen LogP contribution in [0.5, 0.6) is 11.5 Å². The van der Waals surface area contributed by atoms with E-state index in [1.54, 1.807) is 11.8 Å². The zero-order chi connectivity index (χ0) is 23.8. The van der Waals surface area contributed by atoms with Gasteiger partial charge in [0.2, 0.25) is 22.7 Å². The highest BCUT2D eigenvalue weighted by atomic mass is 32.2. The SMILES string of the molecule is Cc1cc(C)cc(N([C@@H](C)C(=O)N2CC[NH+](Cc3ccc4c(c3)OCO4)CC2)S(C)(=O)=O)c1. The van der Waals surface area contributed by atoms with Gasteiger partial charge in [0.1, 0.15) is 12.6 Å². The molecular weight excluding hydrogens is 442 g/mol. The maximum atomic E-state index is 13.3. The van der Waals surface area contributed by atoms with Crippen molar-refractivity contribution in [2.75, 3.05) is 43.5 Å². The molecule has 8 nitrogen and oxygen atoms in total. The van der Waals surface area contributed by atoms with E-state index in [9.17, 15) is 13.2 Å². The summed E-state index contributed by atoms with van der Waals surface area (Å²) in [6.07, 6.45) is 1.15. The number of benzene rings is 2. The van der Waals surface area contributed by atoms with Gasteiger partial charge in [-0.05, 0) is 62.2 Å². The number of nitrogens with one attached hydrogen (secondary N) is 1. The van der Waals surface area contributed by atoms with Crippen LogP contribution >= 0.6 is 0 Å². The van der Waals surface area contributed by atoms with Gasteiger partial charge in [0.15, 0.2) is 11.5 Å². The van der Waals surface area contributed by atoms with E-state index < -0.39 is 16.1 Å². The number of ether oxygens (including phenoxy) is 2. The lowest BCUT2D eigenvalue weighted by molar-refractivity contribution is -0.917. The summed E-state index contributed by atoms with van der Waals surface area (Å²) in [6.45, 7) is 9.40. The van der Waals surface area contributed by atoms with Crippen molar-refractivity contribution in [3.8, 4) is 11.5 Å². The third-order valence-electron chi connectivity index (χ3n) is 6.20. The van der Waals surface area contributed by atoms with Gasteiger partial charge in [-0.1, -0.05) is 6.07 Å². The van der Waals surface area contributed by atoms with Gasteiger partial charge in [0, 0.05) is 5.56 Å². The van der Waals surface area contributed by atoms with E-state index in [0.717, 1.165) is 48.5 Å². The number of anilines is 1. The molecular formula is C24H32N3O5S+. The summed E-state index contributed by atoms with van der Waals surface area (Å²) in [5, 5.41) is 0. The maximum Gasteiger partial charge on any atom is 0.246 e. The number of rotatable bonds is 6. The third-order valence-corrected chi connectivity index (χ3v) is 7.44. The van der Waals surface area contributed by atoms with Gasteiger partial charge in [-0.15, -0.1) is 0 Å². The monoisotopic (exact) mass is 474 g/mol. The van der Waals surface area contributed by atoms with Crippen LogP contribution < -0.4 is 18.7 Å². The van der Waals surface area contributed by atoms with E-state index in [-0.39, 0.29) is 12.7 Å². The number of hydrogen-bond acceptors (Lipinski definition) is 5. The first-order valence-electron chi connectivity index (χ1n) is 11.2. The maximum absolute atomic E-state index is 13.3. The van der Waals surface area contributed by atoms with Crippen molar-refractivity contribution in [3.05, 3.63) is 53.1 Å². The standard InChI is InChI=1S/C24H31N3O5S/c1-17-11-18(2)13-21(12-17)27(33(4,29)30)19(3)24(28)26-9-7-25(8-10-26)15-20-5-6-22-23(14-20)32-16-31-22/h5-6,11-14,19H,7-10,15-16H2,1-4H3/p+1/t19-/m0/s1. The number of quaternary nitrogens is 1. The number of fused-ring (bicyclic) bond motifs is 1. The molecule has 4 rings (SSSR count). The molecule has 178 valence electrons. The molecule has 2 aromatic rings. The van der Waals surface area contributed by atoms with Crippen molar-refractivity contribution in [2.45, 2.75) is 33.4 Å². The van der Waals surface area contributed by atoms with Gasteiger partial charge < -0.3 is 19.3 Å². The van der Waals surface area contributed by atoms with Gasteiger partial charge in [-0.2, -0.15) is 0 Å². The Balaban J connectivity index is 1.41. The second kappa shape index (κ2) is 9.23. The number of carbonyl (C=O) groups excluding carboxylic acids is 1. The van der Waals surface area contributed by atoms with Crippen LogP contribution in [-0.4, -0.2) is 64.5 Å². The van der Waals surface area contributed by atoms with Crippen molar-refractivity contribution in [1.82, 2.24) is 4.90 Å². The molecule has 2 aliphatic rings. The highest BCUT2D eigenvalue weighted by molar-refractivity contribution is 7.92. The molecule has 1 saturated heterocycles. The summed E-state index contributed by atoms with van der Waals surface area (Å²) in [6, 6.07) is 10.8. The van der Waals surface area contributed by atoms with Crippen molar-refractivity contribution in [2.24, 2.45) is 0 Å². The van der Waals surface area contributed by atoms with Gasteiger partial charge in [-0.3, -0.25) is 9.10 Å². The lowest BCUT2D eigenvalue weighted by atomic mass is 10.1. The normalized spacial score (nSPS) is 17.2. The van der Waals surface area contributed by atoms with E-state index in [4.69, 9.17) is 9.47 Å². The van der Waals surface area contributed by atoms with Crippen molar-refractivity contribution < 1.29 is 27.6 Å². The molecule has 0 unspecified atom stereocenters. The Morgan fingerprint density at radius 1 is 1.06 bits per heavy atom. The summed E-state index contributed by atoms with van der Waals surface area (Å²) >= 11 is 0. The summed E-state index contributed by atoms with van der Waals surface area (Å²) in [4.78, 5) is 16.5. The number of aryl methyl sites for hydroxylation is 2. The average Bonchev–Trinajstić information content (AvgIpc) is 3.20. The first kappa shape index (κ1) is 23.4. The Bertz CT molecular complexity index is 1120. The van der Waals surface area contributed by atoms with Crippen LogP contribution in [0.3, 0.4) is 0 Å². The minimum Gasteiger partial charge on any atom is -0.454 e. The number of nitrogens with zero attached hydrogens (tertiary/aromatic N) is 2. The predicted octanol–water partition coefficient (Wildman–Crippen LogP) is 1.11. The Morgan fingerprint density at radius 2 is 1.70 bits per heavy atom. The summed E-state index contributed by atoms with van der Waals surface area (Å²) in [5.41, 5.74) is 3.61. The number of hydrogen-bond donors (Lipinski definition) is 1. The zero-order valence-corrected chi connectivity index (χ0v) is 20.4. The third kappa shape index (κ3) is 5.25. The summed E-state index contributed by atoms with van der Waals surface area (Å²) in [5.74, 6) is 1.39. The van der Waals surface area contributed by atoms with Gasteiger partial charge in [0.25, 0.3) is 0 Å². The molecule has 2 aromatic carbocycles. The first-order valence-corrected chi connectivity index (χ1v) is 13.1. The van der Waals surface area contributed by atoms with E-state index in [1.807, 2.05) is 50.2 Å². The molecule has 9 heteroatoms. The van der Waals surface area contributed by atoms with Crippen LogP contribution in [0.4, 0.5) is 5.69 Å². The number of amides is 1. The number of sulfonamides is 1. The molecule has 0 saturated carbocycles.